The second-order valence-corrected chi connectivity index (χ2v) is 6.60. The van der Waals surface area contributed by atoms with Crippen LogP contribution >= 0.6 is 0 Å². The molecular formula is C20H29NO2. The Kier molecular flexibility index (Phi) is 5.47. The Morgan fingerprint density at radius 1 is 1.13 bits per heavy atom. The van der Waals surface area contributed by atoms with Gasteiger partial charge in [-0.3, -0.25) is 0 Å². The first-order valence-corrected chi connectivity index (χ1v) is 9.17. The molecule has 1 unspecified atom stereocenters. The zero-order valence-electron chi connectivity index (χ0n) is 14.4. The summed E-state index contributed by atoms with van der Waals surface area (Å²) in [7, 11) is 0. The lowest BCUT2D eigenvalue weighted by Gasteiger charge is -2.23. The van der Waals surface area contributed by atoms with E-state index >= 15 is 0 Å². The maximum Gasteiger partial charge on any atom is 0.203 e. The second kappa shape index (κ2) is 7.76. The van der Waals surface area contributed by atoms with Crippen molar-refractivity contribution in [3.05, 3.63) is 41.3 Å². The van der Waals surface area contributed by atoms with Gasteiger partial charge in [0, 0.05) is 12.6 Å². The van der Waals surface area contributed by atoms with Crippen molar-refractivity contribution in [2.24, 2.45) is 0 Å². The highest BCUT2D eigenvalue weighted by Gasteiger charge is 2.19. The van der Waals surface area contributed by atoms with E-state index in [1.54, 1.807) is 0 Å². The maximum atomic E-state index is 6.03. The van der Waals surface area contributed by atoms with E-state index in [0.29, 0.717) is 6.61 Å². The van der Waals surface area contributed by atoms with Crippen molar-refractivity contribution < 1.29 is 9.47 Å². The van der Waals surface area contributed by atoms with Crippen molar-refractivity contribution in [1.29, 1.82) is 0 Å². The monoisotopic (exact) mass is 315 g/mol. The molecule has 1 aromatic carbocycles. The topological polar surface area (TPSA) is 30.5 Å². The van der Waals surface area contributed by atoms with Crippen LogP contribution in [0.4, 0.5) is 0 Å². The van der Waals surface area contributed by atoms with Crippen molar-refractivity contribution in [2.75, 3.05) is 6.61 Å². The molecule has 0 radical (unpaired) electrons. The zero-order valence-corrected chi connectivity index (χ0v) is 14.4. The average molecular weight is 315 g/mol. The molecule has 1 aliphatic heterocycles. The Hall–Kier alpha value is -1.64. The van der Waals surface area contributed by atoms with Crippen LogP contribution in [-0.4, -0.2) is 12.8 Å². The van der Waals surface area contributed by atoms with Gasteiger partial charge >= 0.3 is 0 Å². The van der Waals surface area contributed by atoms with Crippen LogP contribution < -0.4 is 10.1 Å². The molecule has 1 aliphatic carbocycles. The number of aryl methyl sites for hydroxylation is 1. The Morgan fingerprint density at radius 2 is 1.96 bits per heavy atom. The minimum Gasteiger partial charge on any atom is -0.487 e. The predicted octanol–water partition coefficient (Wildman–Crippen LogP) is 4.87. The van der Waals surface area contributed by atoms with Crippen LogP contribution in [0.5, 0.6) is 5.75 Å². The lowest BCUT2D eigenvalue weighted by atomic mass is 9.83. The molecule has 1 saturated carbocycles. The number of allylic oxidation sites excluding steroid dienone is 1. The van der Waals surface area contributed by atoms with Gasteiger partial charge in [-0.05, 0) is 42.4 Å². The summed E-state index contributed by atoms with van der Waals surface area (Å²) in [5, 5.41) is 3.22. The number of ether oxygens (including phenoxy) is 2. The summed E-state index contributed by atoms with van der Waals surface area (Å²) < 4.78 is 11.8. The van der Waals surface area contributed by atoms with E-state index in [9.17, 15) is 0 Å². The molecule has 0 amide bonds. The third-order valence-electron chi connectivity index (χ3n) is 5.00. The van der Waals surface area contributed by atoms with Gasteiger partial charge in [0.1, 0.15) is 18.1 Å². The van der Waals surface area contributed by atoms with Gasteiger partial charge in [0.2, 0.25) is 6.23 Å². The summed E-state index contributed by atoms with van der Waals surface area (Å²) in [5.41, 5.74) is 2.81. The molecule has 3 nitrogen and oxygen atoms in total. The first-order chi connectivity index (χ1) is 11.3. The normalized spacial score (nSPS) is 21.5. The smallest absolute Gasteiger partial charge is 0.203 e. The van der Waals surface area contributed by atoms with Gasteiger partial charge in [-0.2, -0.15) is 0 Å². The Morgan fingerprint density at radius 3 is 2.65 bits per heavy atom. The van der Waals surface area contributed by atoms with Gasteiger partial charge < -0.3 is 14.8 Å². The van der Waals surface area contributed by atoms with Gasteiger partial charge in [0.15, 0.2) is 0 Å². The molecular weight excluding hydrogens is 286 g/mol. The molecule has 3 rings (SSSR count). The molecule has 1 atom stereocenters. The minimum absolute atomic E-state index is 0.0623. The zero-order chi connectivity index (χ0) is 16.1. The van der Waals surface area contributed by atoms with E-state index in [4.69, 9.17) is 9.47 Å². The average Bonchev–Trinajstić information content (AvgIpc) is 3.08. The molecule has 23 heavy (non-hydrogen) atoms. The summed E-state index contributed by atoms with van der Waals surface area (Å²) in [6.45, 7) is 4.83. The molecule has 1 heterocycles. The largest absolute Gasteiger partial charge is 0.487 e. The highest BCUT2D eigenvalue weighted by atomic mass is 16.5. The first kappa shape index (κ1) is 16.2. The Labute approximate surface area is 140 Å². The Bertz CT molecular complexity index is 547. The summed E-state index contributed by atoms with van der Waals surface area (Å²) in [5.74, 6) is 2.75. The van der Waals surface area contributed by atoms with Crippen molar-refractivity contribution in [2.45, 2.75) is 70.9 Å². The van der Waals surface area contributed by atoms with Gasteiger partial charge in [0.25, 0.3) is 0 Å². The quantitative estimate of drug-likeness (QED) is 0.812. The van der Waals surface area contributed by atoms with Crippen LogP contribution in [0.3, 0.4) is 0 Å². The number of benzene rings is 1. The molecule has 0 bridgehead atoms. The van der Waals surface area contributed by atoms with Crippen molar-refractivity contribution in [3.8, 4) is 5.75 Å². The molecule has 126 valence electrons. The van der Waals surface area contributed by atoms with E-state index < -0.39 is 0 Å². The van der Waals surface area contributed by atoms with Gasteiger partial charge in [-0.25, -0.2) is 0 Å². The molecule has 0 saturated heterocycles. The van der Waals surface area contributed by atoms with Gasteiger partial charge in [-0.1, -0.05) is 45.2 Å². The summed E-state index contributed by atoms with van der Waals surface area (Å²) >= 11 is 0. The van der Waals surface area contributed by atoms with Crippen LogP contribution in [-0.2, 0) is 11.2 Å². The van der Waals surface area contributed by atoms with E-state index in [1.807, 2.05) is 6.20 Å². The van der Waals surface area contributed by atoms with E-state index in [-0.39, 0.29) is 6.23 Å². The first-order valence-electron chi connectivity index (χ1n) is 9.17. The van der Waals surface area contributed by atoms with Crippen molar-refractivity contribution in [3.63, 3.8) is 0 Å². The SMILES string of the molecule is CCC1=CNC(COc2ccc(C3CCCCC3)cc2CC)O1. The third kappa shape index (κ3) is 4.01. The van der Waals surface area contributed by atoms with Crippen LogP contribution in [0.2, 0.25) is 0 Å². The lowest BCUT2D eigenvalue weighted by Crippen LogP contribution is -2.28. The molecule has 3 heteroatoms. The fraction of sp³-hybridized carbons (Fsp3) is 0.600. The fourth-order valence-electron chi connectivity index (χ4n) is 3.58. The molecule has 1 fully saturated rings. The number of nitrogens with one attached hydrogen (secondary N) is 1. The lowest BCUT2D eigenvalue weighted by molar-refractivity contribution is 0.0729. The molecule has 1 N–H and O–H groups in total. The second-order valence-electron chi connectivity index (χ2n) is 6.60. The van der Waals surface area contributed by atoms with Crippen LogP contribution in [0.25, 0.3) is 0 Å². The highest BCUT2D eigenvalue weighted by molar-refractivity contribution is 5.39. The molecule has 0 aromatic heterocycles. The van der Waals surface area contributed by atoms with Gasteiger partial charge in [-0.15, -0.1) is 0 Å². The van der Waals surface area contributed by atoms with E-state index in [1.165, 1.54) is 43.2 Å². The number of rotatable bonds is 6. The number of hydrogen-bond donors (Lipinski definition) is 1. The fourth-order valence-corrected chi connectivity index (χ4v) is 3.58. The Balaban J connectivity index is 1.61. The number of hydrogen-bond acceptors (Lipinski definition) is 3. The predicted molar refractivity (Wildman–Crippen MR) is 93.5 cm³/mol. The standard InChI is InChI=1S/C20H29NO2/c1-3-15-12-17(16-8-6-5-7-9-16)10-11-19(15)22-14-20-21-13-18(4-2)23-20/h10-13,16,20-21H,3-9,14H2,1-2H3. The van der Waals surface area contributed by atoms with Crippen LogP contribution in [0.1, 0.15) is 69.4 Å². The summed E-state index contributed by atoms with van der Waals surface area (Å²) in [6, 6.07) is 6.79. The minimum atomic E-state index is -0.0623. The molecule has 1 aromatic rings. The van der Waals surface area contributed by atoms with Crippen molar-refractivity contribution >= 4 is 0 Å². The van der Waals surface area contributed by atoms with Crippen molar-refractivity contribution in [1.82, 2.24) is 5.32 Å². The summed E-state index contributed by atoms with van der Waals surface area (Å²) in [6.07, 6.45) is 10.6. The van der Waals surface area contributed by atoms with Crippen LogP contribution in [0, 0.1) is 0 Å². The molecule has 0 spiro atoms. The molecule has 2 aliphatic rings. The van der Waals surface area contributed by atoms with Crippen LogP contribution in [0.15, 0.2) is 30.2 Å². The summed E-state index contributed by atoms with van der Waals surface area (Å²) in [4.78, 5) is 0. The van der Waals surface area contributed by atoms with E-state index in [2.05, 4.69) is 37.4 Å². The van der Waals surface area contributed by atoms with E-state index in [0.717, 1.165) is 30.3 Å². The maximum absolute atomic E-state index is 6.03. The third-order valence-corrected chi connectivity index (χ3v) is 5.00. The van der Waals surface area contributed by atoms with Gasteiger partial charge in [0.05, 0.1) is 0 Å². The highest BCUT2D eigenvalue weighted by Crippen LogP contribution is 2.34.